The molecular weight excluding hydrogens is 312 g/mol. The maximum absolute atomic E-state index is 12.2. The molecule has 1 unspecified atom stereocenters. The summed E-state index contributed by atoms with van der Waals surface area (Å²) in [5.41, 5.74) is 3.06. The van der Waals surface area contributed by atoms with Crippen molar-refractivity contribution in [2.45, 2.75) is 26.1 Å². The van der Waals surface area contributed by atoms with Crippen LogP contribution in [0.25, 0.3) is 11.0 Å². The molecule has 1 N–H and O–H groups in total. The van der Waals surface area contributed by atoms with Crippen LogP contribution in [0.5, 0.6) is 5.75 Å². The summed E-state index contributed by atoms with van der Waals surface area (Å²) in [6.07, 6.45) is 0. The second kappa shape index (κ2) is 6.97. The highest BCUT2D eigenvalue weighted by Crippen LogP contribution is 2.20. The van der Waals surface area contributed by atoms with E-state index in [4.69, 9.17) is 0 Å². The number of para-hydroxylation sites is 2. The minimum absolute atomic E-state index is 0.0606. The lowest BCUT2D eigenvalue weighted by Crippen LogP contribution is -2.20. The average Bonchev–Trinajstić information content (AvgIpc) is 2.89. The highest BCUT2D eigenvalue weighted by atomic mass is 19.3. The summed E-state index contributed by atoms with van der Waals surface area (Å²) in [6.45, 7) is -0.170. The number of rotatable bonds is 6. The lowest BCUT2D eigenvalue weighted by Gasteiger charge is -2.15. The minimum atomic E-state index is -2.80. The first-order valence-electron chi connectivity index (χ1n) is 7.73. The summed E-state index contributed by atoms with van der Waals surface area (Å²) in [7, 11) is 1.99. The van der Waals surface area contributed by atoms with E-state index in [0.29, 0.717) is 6.54 Å². The Kier molecular flexibility index (Phi) is 4.76. The third-order valence-corrected chi connectivity index (χ3v) is 4.05. The molecule has 0 fully saturated rings. The van der Waals surface area contributed by atoms with Crippen molar-refractivity contribution < 1.29 is 13.5 Å². The molecule has 0 aliphatic rings. The number of benzene rings is 2. The normalized spacial score (nSPS) is 12.7. The van der Waals surface area contributed by atoms with Gasteiger partial charge in [0.2, 0.25) is 0 Å². The number of imidazole rings is 1. The van der Waals surface area contributed by atoms with Gasteiger partial charge in [-0.1, -0.05) is 24.3 Å². The molecule has 3 aromatic rings. The Morgan fingerprint density at radius 3 is 2.50 bits per heavy atom. The topological polar surface area (TPSA) is 39.1 Å². The van der Waals surface area contributed by atoms with Gasteiger partial charge < -0.3 is 14.6 Å². The highest BCUT2D eigenvalue weighted by Gasteiger charge is 2.10. The van der Waals surface area contributed by atoms with E-state index in [1.807, 2.05) is 38.2 Å². The predicted molar refractivity (Wildman–Crippen MR) is 89.0 cm³/mol. The summed E-state index contributed by atoms with van der Waals surface area (Å²) in [6, 6.07) is 14.7. The van der Waals surface area contributed by atoms with Crippen LogP contribution in [0.1, 0.15) is 24.4 Å². The number of aryl methyl sites for hydroxylation is 1. The van der Waals surface area contributed by atoms with Crippen molar-refractivity contribution in [3.8, 4) is 5.75 Å². The molecule has 2 aromatic carbocycles. The van der Waals surface area contributed by atoms with E-state index >= 15 is 0 Å². The van der Waals surface area contributed by atoms with Gasteiger partial charge in [-0.3, -0.25) is 0 Å². The van der Waals surface area contributed by atoms with E-state index in [9.17, 15) is 8.78 Å². The number of nitrogens with zero attached hydrogens (tertiary/aromatic N) is 2. The number of aromatic nitrogens is 2. The quantitative estimate of drug-likeness (QED) is 0.741. The average molecular weight is 331 g/mol. The molecule has 0 spiro atoms. The lowest BCUT2D eigenvalue weighted by atomic mass is 10.1. The maximum atomic E-state index is 12.2. The van der Waals surface area contributed by atoms with Gasteiger partial charge in [-0.2, -0.15) is 8.78 Å². The number of fused-ring (bicyclic) bond motifs is 1. The Labute approximate surface area is 139 Å². The molecule has 0 amide bonds. The van der Waals surface area contributed by atoms with Crippen molar-refractivity contribution in [3.63, 3.8) is 0 Å². The molecule has 6 heteroatoms. The minimum Gasteiger partial charge on any atom is -0.435 e. The number of hydrogen-bond acceptors (Lipinski definition) is 3. The molecular formula is C18H19F2N3O. The Hall–Kier alpha value is -2.47. The Morgan fingerprint density at radius 2 is 1.83 bits per heavy atom. The van der Waals surface area contributed by atoms with Crippen LogP contribution in [0.2, 0.25) is 0 Å². The number of hydrogen-bond donors (Lipinski definition) is 1. The van der Waals surface area contributed by atoms with Crippen LogP contribution >= 0.6 is 0 Å². The Bertz CT molecular complexity index is 815. The van der Waals surface area contributed by atoms with Crippen LogP contribution in [-0.4, -0.2) is 16.2 Å². The molecule has 4 nitrogen and oxygen atoms in total. The molecule has 126 valence electrons. The van der Waals surface area contributed by atoms with E-state index in [-0.39, 0.29) is 11.8 Å². The first-order chi connectivity index (χ1) is 11.5. The van der Waals surface area contributed by atoms with Crippen LogP contribution in [0.4, 0.5) is 8.78 Å². The van der Waals surface area contributed by atoms with Gasteiger partial charge in [0.15, 0.2) is 0 Å². The monoisotopic (exact) mass is 331 g/mol. The molecule has 1 heterocycles. The van der Waals surface area contributed by atoms with E-state index in [2.05, 4.69) is 19.6 Å². The van der Waals surface area contributed by atoms with Crippen LogP contribution in [0.3, 0.4) is 0 Å². The molecule has 3 rings (SSSR count). The van der Waals surface area contributed by atoms with Gasteiger partial charge in [0.25, 0.3) is 0 Å². The van der Waals surface area contributed by atoms with Gasteiger partial charge in [-0.25, -0.2) is 4.98 Å². The number of ether oxygens (including phenoxy) is 1. The van der Waals surface area contributed by atoms with Crippen molar-refractivity contribution in [1.82, 2.24) is 14.9 Å². The van der Waals surface area contributed by atoms with Gasteiger partial charge in [0.1, 0.15) is 11.6 Å². The van der Waals surface area contributed by atoms with E-state index in [0.717, 1.165) is 22.4 Å². The van der Waals surface area contributed by atoms with Crippen molar-refractivity contribution in [2.75, 3.05) is 0 Å². The molecule has 0 bridgehead atoms. The van der Waals surface area contributed by atoms with Crippen molar-refractivity contribution >= 4 is 11.0 Å². The van der Waals surface area contributed by atoms with Crippen LogP contribution in [0, 0.1) is 0 Å². The smallest absolute Gasteiger partial charge is 0.387 e. The second-order valence-electron chi connectivity index (χ2n) is 5.63. The van der Waals surface area contributed by atoms with Crippen LogP contribution in [-0.2, 0) is 13.6 Å². The number of halogens is 2. The van der Waals surface area contributed by atoms with E-state index < -0.39 is 6.61 Å². The largest absolute Gasteiger partial charge is 0.435 e. The van der Waals surface area contributed by atoms with Crippen molar-refractivity contribution in [2.24, 2.45) is 7.05 Å². The van der Waals surface area contributed by atoms with Crippen molar-refractivity contribution in [1.29, 1.82) is 0 Å². The summed E-state index contributed by atoms with van der Waals surface area (Å²) in [4.78, 5) is 4.62. The molecule has 0 aliphatic carbocycles. The molecule has 24 heavy (non-hydrogen) atoms. The first kappa shape index (κ1) is 16.4. The number of alkyl halides is 2. The second-order valence-corrected chi connectivity index (χ2v) is 5.63. The molecule has 0 saturated heterocycles. The lowest BCUT2D eigenvalue weighted by molar-refractivity contribution is -0.0498. The molecule has 1 aromatic heterocycles. The fourth-order valence-electron chi connectivity index (χ4n) is 2.65. The summed E-state index contributed by atoms with van der Waals surface area (Å²) < 4.78 is 30.8. The van der Waals surface area contributed by atoms with Crippen LogP contribution < -0.4 is 10.1 Å². The fourth-order valence-corrected chi connectivity index (χ4v) is 2.65. The van der Waals surface area contributed by atoms with Gasteiger partial charge >= 0.3 is 6.61 Å². The predicted octanol–water partition coefficient (Wildman–Crippen LogP) is 4.03. The third-order valence-electron chi connectivity index (χ3n) is 4.05. The SMILES string of the molecule is CC(NCc1nc2ccccc2n1C)c1ccc(OC(F)F)cc1. The van der Waals surface area contributed by atoms with Crippen molar-refractivity contribution in [3.05, 3.63) is 59.9 Å². The van der Waals surface area contributed by atoms with Gasteiger partial charge in [0, 0.05) is 13.1 Å². The molecule has 0 aliphatic heterocycles. The molecule has 0 radical (unpaired) electrons. The Morgan fingerprint density at radius 1 is 1.12 bits per heavy atom. The maximum Gasteiger partial charge on any atom is 0.387 e. The van der Waals surface area contributed by atoms with Gasteiger partial charge in [-0.05, 0) is 36.8 Å². The highest BCUT2D eigenvalue weighted by molar-refractivity contribution is 5.75. The van der Waals surface area contributed by atoms with Gasteiger partial charge in [0.05, 0.1) is 17.6 Å². The Balaban J connectivity index is 1.66. The van der Waals surface area contributed by atoms with E-state index in [1.54, 1.807) is 24.3 Å². The summed E-state index contributed by atoms with van der Waals surface area (Å²) in [5, 5.41) is 3.40. The number of nitrogens with one attached hydrogen (secondary N) is 1. The zero-order chi connectivity index (χ0) is 17.1. The molecule has 1 atom stereocenters. The zero-order valence-corrected chi connectivity index (χ0v) is 13.5. The van der Waals surface area contributed by atoms with Gasteiger partial charge in [-0.15, -0.1) is 0 Å². The van der Waals surface area contributed by atoms with E-state index in [1.165, 1.54) is 0 Å². The van der Waals surface area contributed by atoms with Crippen LogP contribution in [0.15, 0.2) is 48.5 Å². The fraction of sp³-hybridized carbons (Fsp3) is 0.278. The summed E-state index contributed by atoms with van der Waals surface area (Å²) in [5.74, 6) is 1.11. The standard InChI is InChI=1S/C18H19F2N3O/c1-12(13-7-9-14(10-8-13)24-18(19)20)21-11-17-22-15-5-3-4-6-16(15)23(17)2/h3-10,12,18,21H,11H2,1-2H3. The third kappa shape index (κ3) is 3.54. The molecule has 0 saturated carbocycles. The summed E-state index contributed by atoms with van der Waals surface area (Å²) >= 11 is 0. The zero-order valence-electron chi connectivity index (χ0n) is 13.5. The first-order valence-corrected chi connectivity index (χ1v) is 7.73.